The molecular formula is C24H28IN3O6. The van der Waals surface area contributed by atoms with E-state index in [9.17, 15) is 14.4 Å². The van der Waals surface area contributed by atoms with Gasteiger partial charge in [-0.15, -0.1) is 0 Å². The summed E-state index contributed by atoms with van der Waals surface area (Å²) >= 11 is 2.06. The number of anilines is 1. The molecule has 2 aromatic rings. The van der Waals surface area contributed by atoms with Gasteiger partial charge >= 0.3 is 5.97 Å². The predicted molar refractivity (Wildman–Crippen MR) is 137 cm³/mol. The zero-order chi connectivity index (χ0) is 24.9. The third-order valence-corrected chi connectivity index (χ3v) is 5.17. The molecule has 0 atom stereocenters. The Hall–Kier alpha value is -3.15. The van der Waals surface area contributed by atoms with Gasteiger partial charge in [-0.05, 0) is 72.2 Å². The summed E-state index contributed by atoms with van der Waals surface area (Å²) in [5.41, 5.74) is 4.67. The molecule has 182 valence electrons. The molecule has 0 aliphatic heterocycles. The van der Waals surface area contributed by atoms with Gasteiger partial charge in [-0.2, -0.15) is 5.10 Å². The molecule has 9 nitrogen and oxygen atoms in total. The first-order valence-electron chi connectivity index (χ1n) is 10.8. The summed E-state index contributed by atoms with van der Waals surface area (Å²) in [5, 5.41) is 6.68. The summed E-state index contributed by atoms with van der Waals surface area (Å²) in [5.74, 6) is -0.598. The van der Waals surface area contributed by atoms with E-state index >= 15 is 0 Å². The Morgan fingerprint density at radius 2 is 1.79 bits per heavy atom. The molecule has 0 saturated carbocycles. The van der Waals surface area contributed by atoms with E-state index in [1.807, 2.05) is 32.0 Å². The molecule has 0 spiro atoms. The summed E-state index contributed by atoms with van der Waals surface area (Å²) in [6.45, 7) is 5.96. The summed E-state index contributed by atoms with van der Waals surface area (Å²) in [4.78, 5) is 35.9. The third-order valence-electron chi connectivity index (χ3n) is 4.37. The van der Waals surface area contributed by atoms with E-state index < -0.39 is 17.8 Å². The maximum atomic E-state index is 12.2. The number of nitrogens with zero attached hydrogens (tertiary/aromatic N) is 1. The summed E-state index contributed by atoms with van der Waals surface area (Å²) in [6.07, 6.45) is 1.84. The molecule has 34 heavy (non-hydrogen) atoms. The lowest BCUT2D eigenvalue weighted by molar-refractivity contribution is -0.145. The number of carbonyl (C=O) groups is 3. The van der Waals surface area contributed by atoms with Crippen molar-refractivity contribution < 1.29 is 28.6 Å². The maximum Gasteiger partial charge on any atom is 0.344 e. The zero-order valence-corrected chi connectivity index (χ0v) is 21.5. The average Bonchev–Trinajstić information content (AvgIpc) is 2.79. The van der Waals surface area contributed by atoms with Crippen LogP contribution in [0.15, 0.2) is 41.5 Å². The molecule has 0 fully saturated rings. The second kappa shape index (κ2) is 14.2. The molecule has 10 heteroatoms. The van der Waals surface area contributed by atoms with Crippen LogP contribution in [0.1, 0.15) is 38.3 Å². The highest BCUT2D eigenvalue weighted by molar-refractivity contribution is 14.1. The van der Waals surface area contributed by atoms with Crippen LogP contribution in [0.4, 0.5) is 5.69 Å². The van der Waals surface area contributed by atoms with Crippen LogP contribution in [0.5, 0.6) is 11.5 Å². The van der Waals surface area contributed by atoms with Gasteiger partial charge in [-0.25, -0.2) is 10.2 Å². The van der Waals surface area contributed by atoms with E-state index in [4.69, 9.17) is 14.2 Å². The highest BCUT2D eigenvalue weighted by Crippen LogP contribution is 2.34. The van der Waals surface area contributed by atoms with Crippen LogP contribution in [0.2, 0.25) is 0 Å². The smallest absolute Gasteiger partial charge is 0.344 e. The fourth-order valence-electron chi connectivity index (χ4n) is 2.91. The topological polar surface area (TPSA) is 115 Å². The lowest BCUT2D eigenvalue weighted by atomic mass is 10.1. The second-order valence-electron chi connectivity index (χ2n) is 6.89. The van der Waals surface area contributed by atoms with E-state index in [1.54, 1.807) is 25.1 Å². The van der Waals surface area contributed by atoms with Gasteiger partial charge in [-0.3, -0.25) is 9.59 Å². The third kappa shape index (κ3) is 8.65. The Balaban J connectivity index is 1.97. The van der Waals surface area contributed by atoms with E-state index in [2.05, 4.69) is 38.4 Å². The van der Waals surface area contributed by atoms with Crippen molar-refractivity contribution in [3.8, 4) is 11.5 Å². The predicted octanol–water partition coefficient (Wildman–Crippen LogP) is 3.67. The highest BCUT2D eigenvalue weighted by Gasteiger charge is 2.14. The molecule has 0 radical (unpaired) electrons. The lowest BCUT2D eigenvalue weighted by Crippen LogP contribution is -2.25. The number of hydrogen-bond acceptors (Lipinski definition) is 7. The number of aryl methyl sites for hydroxylation is 1. The number of para-hydroxylation sites is 1. The van der Waals surface area contributed by atoms with Crippen LogP contribution in [0.3, 0.4) is 0 Å². The molecular weight excluding hydrogens is 553 g/mol. The molecule has 2 amide bonds. The molecule has 2 N–H and O–H groups in total. The Morgan fingerprint density at radius 1 is 1.03 bits per heavy atom. The minimum absolute atomic E-state index is 0.238. The van der Waals surface area contributed by atoms with Gasteiger partial charge in [0.25, 0.3) is 0 Å². The van der Waals surface area contributed by atoms with Gasteiger partial charge in [0, 0.05) is 5.69 Å². The zero-order valence-electron chi connectivity index (χ0n) is 19.4. The standard InChI is InChI=1S/C24H28IN3O6/c1-4-17-9-7-8-10-19(17)27-21(29)13-22(30)28-26-14-16-11-18(25)24(20(12-16)32-5-2)34-15-23(31)33-6-3/h7-12,14H,4-6,13,15H2,1-3H3,(H,27,29)(H,28,30). The molecule has 0 bridgehead atoms. The normalized spacial score (nSPS) is 10.6. The van der Waals surface area contributed by atoms with E-state index in [0.717, 1.165) is 12.0 Å². The van der Waals surface area contributed by atoms with Gasteiger partial charge in [0.1, 0.15) is 6.42 Å². The van der Waals surface area contributed by atoms with E-state index in [0.29, 0.717) is 32.9 Å². The number of halogens is 1. The van der Waals surface area contributed by atoms with Crippen molar-refractivity contribution in [3.63, 3.8) is 0 Å². The lowest BCUT2D eigenvalue weighted by Gasteiger charge is -2.14. The molecule has 0 aliphatic carbocycles. The molecule has 0 saturated heterocycles. The molecule has 0 unspecified atom stereocenters. The van der Waals surface area contributed by atoms with Crippen molar-refractivity contribution in [1.82, 2.24) is 5.43 Å². The van der Waals surface area contributed by atoms with E-state index in [1.165, 1.54) is 6.21 Å². The Bertz CT molecular complexity index is 1040. The van der Waals surface area contributed by atoms with Crippen molar-refractivity contribution in [2.24, 2.45) is 5.10 Å². The average molecular weight is 581 g/mol. The number of carbonyl (C=O) groups excluding carboxylic acids is 3. The number of amides is 2. The quantitative estimate of drug-likeness (QED) is 0.130. The minimum atomic E-state index is -0.545. The molecule has 0 aromatic heterocycles. The van der Waals surface area contributed by atoms with Gasteiger partial charge in [0.15, 0.2) is 18.1 Å². The molecule has 0 heterocycles. The first-order valence-corrected chi connectivity index (χ1v) is 11.9. The Kier molecular flexibility index (Phi) is 11.3. The van der Waals surface area contributed by atoms with Crippen molar-refractivity contribution >= 4 is 52.3 Å². The molecule has 2 aromatic carbocycles. The Labute approximate surface area is 212 Å². The summed E-state index contributed by atoms with van der Waals surface area (Å²) in [7, 11) is 0. The van der Waals surface area contributed by atoms with Crippen LogP contribution >= 0.6 is 22.6 Å². The van der Waals surface area contributed by atoms with Crippen molar-refractivity contribution in [3.05, 3.63) is 51.1 Å². The Morgan fingerprint density at radius 3 is 2.50 bits per heavy atom. The number of esters is 1. The van der Waals surface area contributed by atoms with Crippen molar-refractivity contribution in [1.29, 1.82) is 0 Å². The number of nitrogens with one attached hydrogen (secondary N) is 2. The fourth-order valence-corrected chi connectivity index (χ4v) is 3.69. The summed E-state index contributed by atoms with van der Waals surface area (Å²) < 4.78 is 16.8. The summed E-state index contributed by atoms with van der Waals surface area (Å²) in [6, 6.07) is 10.9. The number of rotatable bonds is 12. The minimum Gasteiger partial charge on any atom is -0.490 e. The van der Waals surface area contributed by atoms with Gasteiger partial charge in [0.05, 0.1) is 23.0 Å². The van der Waals surface area contributed by atoms with Crippen LogP contribution in [-0.2, 0) is 25.5 Å². The van der Waals surface area contributed by atoms with E-state index in [-0.39, 0.29) is 19.6 Å². The number of benzene rings is 2. The van der Waals surface area contributed by atoms with Gasteiger partial charge in [-0.1, -0.05) is 25.1 Å². The van der Waals surface area contributed by atoms with Crippen LogP contribution in [0, 0.1) is 3.57 Å². The van der Waals surface area contributed by atoms with Crippen LogP contribution in [0.25, 0.3) is 0 Å². The van der Waals surface area contributed by atoms with Gasteiger partial charge < -0.3 is 19.5 Å². The van der Waals surface area contributed by atoms with Crippen LogP contribution < -0.4 is 20.2 Å². The first-order chi connectivity index (χ1) is 16.4. The van der Waals surface area contributed by atoms with Gasteiger partial charge in [0.2, 0.25) is 11.8 Å². The largest absolute Gasteiger partial charge is 0.490 e. The number of hydrazone groups is 1. The number of hydrogen-bond donors (Lipinski definition) is 2. The molecule has 2 rings (SSSR count). The SMILES string of the molecule is CCOC(=O)COc1c(I)cc(C=NNC(=O)CC(=O)Nc2ccccc2CC)cc1OCC. The monoisotopic (exact) mass is 581 g/mol. The maximum absolute atomic E-state index is 12.2. The van der Waals surface area contributed by atoms with Crippen molar-refractivity contribution in [2.75, 3.05) is 25.1 Å². The van der Waals surface area contributed by atoms with Crippen molar-refractivity contribution in [2.45, 2.75) is 33.6 Å². The second-order valence-corrected chi connectivity index (χ2v) is 8.05. The fraction of sp³-hybridized carbons (Fsp3) is 0.333. The molecule has 0 aliphatic rings. The van der Waals surface area contributed by atoms with Crippen LogP contribution in [-0.4, -0.2) is 43.8 Å². The first kappa shape index (κ1) is 27.1. The number of ether oxygens (including phenoxy) is 3. The highest BCUT2D eigenvalue weighted by atomic mass is 127.